The minimum Gasteiger partial charge on any atom is -0.342 e. The maximum Gasteiger partial charge on any atom is 0.257 e. The first kappa shape index (κ1) is 16.3. The van der Waals surface area contributed by atoms with Crippen LogP contribution in [0.4, 0.5) is 0 Å². The summed E-state index contributed by atoms with van der Waals surface area (Å²) < 4.78 is 0. The van der Waals surface area contributed by atoms with Crippen molar-refractivity contribution < 1.29 is 4.79 Å². The number of carbonyl (C=O) groups is 1. The van der Waals surface area contributed by atoms with E-state index in [1.807, 2.05) is 11.0 Å². The normalized spacial score (nSPS) is 20.1. The number of pyridine rings is 2. The second kappa shape index (κ2) is 6.98. The molecule has 1 aliphatic heterocycles. The van der Waals surface area contributed by atoms with Crippen LogP contribution in [-0.4, -0.2) is 33.9 Å². The molecule has 0 bridgehead atoms. The van der Waals surface area contributed by atoms with Crippen LogP contribution in [0.3, 0.4) is 0 Å². The quantitative estimate of drug-likeness (QED) is 0.913. The molecule has 132 valence electrons. The van der Waals surface area contributed by atoms with Crippen molar-refractivity contribution in [3.8, 4) is 0 Å². The molecule has 2 aromatic rings. The van der Waals surface area contributed by atoms with E-state index >= 15 is 0 Å². The Morgan fingerprint density at radius 1 is 1.12 bits per heavy atom. The highest BCUT2D eigenvalue weighted by Gasteiger charge is 2.29. The van der Waals surface area contributed by atoms with Crippen molar-refractivity contribution in [1.82, 2.24) is 14.9 Å². The molecule has 0 aromatic carbocycles. The third kappa shape index (κ3) is 3.32. The highest BCUT2D eigenvalue weighted by atomic mass is 16.2. The molecule has 0 radical (unpaired) electrons. The molecule has 0 unspecified atom stereocenters. The number of nitrogens with one attached hydrogen (secondary N) is 1. The molecule has 25 heavy (non-hydrogen) atoms. The van der Waals surface area contributed by atoms with Gasteiger partial charge in [0.2, 0.25) is 5.91 Å². The van der Waals surface area contributed by atoms with Gasteiger partial charge in [0.05, 0.1) is 10.9 Å². The smallest absolute Gasteiger partial charge is 0.257 e. The number of amides is 1. The summed E-state index contributed by atoms with van der Waals surface area (Å²) in [5.41, 5.74) is 1.64. The van der Waals surface area contributed by atoms with Gasteiger partial charge >= 0.3 is 0 Å². The Kier molecular flexibility index (Phi) is 4.55. The van der Waals surface area contributed by atoms with E-state index in [1.54, 1.807) is 18.3 Å². The number of H-pyrrole nitrogens is 1. The summed E-state index contributed by atoms with van der Waals surface area (Å²) in [7, 11) is 0. The lowest BCUT2D eigenvalue weighted by atomic mass is 9.86. The summed E-state index contributed by atoms with van der Waals surface area (Å²) in [6.07, 6.45) is 9.31. The number of hydrogen-bond acceptors (Lipinski definition) is 3. The summed E-state index contributed by atoms with van der Waals surface area (Å²) in [6, 6.07) is 5.59. The molecule has 3 heterocycles. The number of likely N-dealkylation sites (tertiary alicyclic amines) is 1. The molecule has 5 heteroatoms. The van der Waals surface area contributed by atoms with E-state index in [9.17, 15) is 9.59 Å². The van der Waals surface area contributed by atoms with Crippen LogP contribution in [0.5, 0.6) is 0 Å². The van der Waals surface area contributed by atoms with E-state index in [-0.39, 0.29) is 11.5 Å². The Morgan fingerprint density at radius 3 is 2.64 bits per heavy atom. The van der Waals surface area contributed by atoms with E-state index in [2.05, 4.69) is 9.97 Å². The first-order chi connectivity index (χ1) is 12.2. The van der Waals surface area contributed by atoms with Gasteiger partial charge in [-0.1, -0.05) is 19.3 Å². The summed E-state index contributed by atoms with van der Waals surface area (Å²) >= 11 is 0. The van der Waals surface area contributed by atoms with Crippen LogP contribution in [0.15, 0.2) is 29.2 Å². The van der Waals surface area contributed by atoms with E-state index < -0.39 is 0 Å². The monoisotopic (exact) mass is 339 g/mol. The molecule has 1 N–H and O–H groups in total. The standard InChI is InChI=1S/C20H25N3O2/c24-19-16-7-4-10-21-18(16)13-17(22-19)14-8-11-23(12-9-14)20(25)15-5-2-1-3-6-15/h4,7,10,13-15H,1-3,5-6,8-9,11-12H2,(H,22,24). The average molecular weight is 339 g/mol. The fourth-order valence-electron chi connectivity index (χ4n) is 4.34. The van der Waals surface area contributed by atoms with E-state index in [0.29, 0.717) is 17.2 Å². The maximum absolute atomic E-state index is 12.7. The molecule has 0 atom stereocenters. The highest BCUT2D eigenvalue weighted by Crippen LogP contribution is 2.30. The maximum atomic E-state index is 12.7. The van der Waals surface area contributed by atoms with Crippen LogP contribution in [0.1, 0.15) is 56.6 Å². The van der Waals surface area contributed by atoms with Gasteiger partial charge in [0.1, 0.15) is 0 Å². The van der Waals surface area contributed by atoms with Gasteiger partial charge in [-0.05, 0) is 43.9 Å². The fourth-order valence-corrected chi connectivity index (χ4v) is 4.34. The number of aromatic amines is 1. The van der Waals surface area contributed by atoms with Gasteiger partial charge in [0, 0.05) is 36.8 Å². The fraction of sp³-hybridized carbons (Fsp3) is 0.550. The van der Waals surface area contributed by atoms with Gasteiger partial charge < -0.3 is 9.88 Å². The third-order valence-electron chi connectivity index (χ3n) is 5.83. The van der Waals surface area contributed by atoms with Gasteiger partial charge in [-0.25, -0.2) is 0 Å². The Bertz CT molecular complexity index is 815. The zero-order chi connectivity index (χ0) is 17.2. The molecule has 2 aromatic heterocycles. The topological polar surface area (TPSA) is 66.1 Å². The van der Waals surface area contributed by atoms with Crippen LogP contribution in [-0.2, 0) is 4.79 Å². The minimum absolute atomic E-state index is 0.0682. The van der Waals surface area contributed by atoms with Crippen LogP contribution < -0.4 is 5.56 Å². The number of fused-ring (bicyclic) bond motifs is 1. The Labute approximate surface area is 147 Å². The Morgan fingerprint density at radius 2 is 1.88 bits per heavy atom. The SMILES string of the molecule is O=C(C1CCCCC1)N1CCC(c2cc3ncccc3c(=O)[nH]2)CC1. The van der Waals surface area contributed by atoms with E-state index in [1.165, 1.54) is 19.3 Å². The lowest BCUT2D eigenvalue weighted by Gasteiger charge is -2.35. The van der Waals surface area contributed by atoms with Gasteiger partial charge in [0.15, 0.2) is 0 Å². The zero-order valence-corrected chi connectivity index (χ0v) is 14.5. The first-order valence-corrected chi connectivity index (χ1v) is 9.49. The van der Waals surface area contributed by atoms with Gasteiger partial charge in [-0.3, -0.25) is 14.6 Å². The summed E-state index contributed by atoms with van der Waals surface area (Å²) in [6.45, 7) is 1.59. The third-order valence-corrected chi connectivity index (χ3v) is 5.83. The molecule has 5 nitrogen and oxygen atoms in total. The predicted octanol–water partition coefficient (Wildman–Crippen LogP) is 3.21. The molecule has 1 saturated heterocycles. The average Bonchev–Trinajstić information content (AvgIpc) is 2.68. The molecule has 1 aliphatic carbocycles. The molecule has 1 amide bonds. The minimum atomic E-state index is -0.0682. The molecule has 2 fully saturated rings. The van der Waals surface area contributed by atoms with Crippen LogP contribution in [0.2, 0.25) is 0 Å². The molecular formula is C20H25N3O2. The number of nitrogens with zero attached hydrogens (tertiary/aromatic N) is 2. The zero-order valence-electron chi connectivity index (χ0n) is 14.5. The van der Waals surface area contributed by atoms with Crippen molar-refractivity contribution in [3.63, 3.8) is 0 Å². The van der Waals surface area contributed by atoms with Crippen molar-refractivity contribution in [3.05, 3.63) is 40.4 Å². The van der Waals surface area contributed by atoms with Gasteiger partial charge in [-0.2, -0.15) is 0 Å². The van der Waals surface area contributed by atoms with Crippen molar-refractivity contribution in [1.29, 1.82) is 0 Å². The molecule has 2 aliphatic rings. The Hall–Kier alpha value is -2.17. The summed E-state index contributed by atoms with van der Waals surface area (Å²) in [4.78, 5) is 34.3. The summed E-state index contributed by atoms with van der Waals surface area (Å²) in [5.74, 6) is 0.899. The molecule has 1 saturated carbocycles. The van der Waals surface area contributed by atoms with Gasteiger partial charge in [0.25, 0.3) is 5.56 Å². The van der Waals surface area contributed by atoms with Crippen molar-refractivity contribution >= 4 is 16.8 Å². The predicted molar refractivity (Wildman–Crippen MR) is 97.5 cm³/mol. The number of hydrogen-bond donors (Lipinski definition) is 1. The second-order valence-corrected chi connectivity index (χ2v) is 7.42. The summed E-state index contributed by atoms with van der Waals surface area (Å²) in [5, 5.41) is 0.635. The highest BCUT2D eigenvalue weighted by molar-refractivity contribution is 5.79. The number of rotatable bonds is 2. The van der Waals surface area contributed by atoms with Gasteiger partial charge in [-0.15, -0.1) is 0 Å². The van der Waals surface area contributed by atoms with Crippen LogP contribution >= 0.6 is 0 Å². The molecule has 0 spiro atoms. The van der Waals surface area contributed by atoms with E-state index in [0.717, 1.165) is 50.0 Å². The first-order valence-electron chi connectivity index (χ1n) is 9.49. The van der Waals surface area contributed by atoms with Crippen molar-refractivity contribution in [2.75, 3.05) is 13.1 Å². The van der Waals surface area contributed by atoms with Crippen LogP contribution in [0, 0.1) is 5.92 Å². The Balaban J connectivity index is 1.45. The molecular weight excluding hydrogens is 314 g/mol. The lowest BCUT2D eigenvalue weighted by molar-refractivity contribution is -0.137. The second-order valence-electron chi connectivity index (χ2n) is 7.42. The van der Waals surface area contributed by atoms with Crippen molar-refractivity contribution in [2.24, 2.45) is 5.92 Å². The van der Waals surface area contributed by atoms with Crippen LogP contribution in [0.25, 0.3) is 10.9 Å². The number of piperidine rings is 1. The lowest BCUT2D eigenvalue weighted by Crippen LogP contribution is -2.42. The largest absolute Gasteiger partial charge is 0.342 e. The number of carbonyl (C=O) groups excluding carboxylic acids is 1. The molecule has 4 rings (SSSR count). The number of aromatic nitrogens is 2. The van der Waals surface area contributed by atoms with E-state index in [4.69, 9.17) is 0 Å². The van der Waals surface area contributed by atoms with Crippen molar-refractivity contribution in [2.45, 2.75) is 50.9 Å².